The fraction of sp³-hybridized carbons (Fsp3) is 0.500. The predicted molar refractivity (Wildman–Crippen MR) is 121 cm³/mol. The van der Waals surface area contributed by atoms with Gasteiger partial charge in [-0.1, -0.05) is 30.3 Å². The van der Waals surface area contributed by atoms with Crippen molar-refractivity contribution in [1.82, 2.24) is 24.5 Å². The second kappa shape index (κ2) is 7.17. The van der Waals surface area contributed by atoms with Gasteiger partial charge in [0.2, 0.25) is 11.2 Å². The first-order valence-electron chi connectivity index (χ1n) is 11.4. The first-order valence-corrected chi connectivity index (χ1v) is 11.8. The van der Waals surface area contributed by atoms with Gasteiger partial charge >= 0.3 is 0 Å². The van der Waals surface area contributed by atoms with Gasteiger partial charge in [0.05, 0.1) is 17.5 Å². The number of carbonyl (C=O) groups is 1. The predicted octanol–water partition coefficient (Wildman–Crippen LogP) is 4.42. The van der Waals surface area contributed by atoms with E-state index in [2.05, 4.69) is 27.5 Å². The SMILES string of the molecule is Cc1cc(NC(=O)C23CC4CC(C2)CC(n2cnc(Cl)n2)(C4)C3)nn1Cc1ccccc1. The smallest absolute Gasteiger partial charge is 0.242 e. The second-order valence-electron chi connectivity index (χ2n) is 10.2. The van der Waals surface area contributed by atoms with Crippen molar-refractivity contribution < 1.29 is 4.79 Å². The molecule has 7 rings (SSSR count). The molecule has 2 aromatic heterocycles. The Morgan fingerprint density at radius 2 is 1.91 bits per heavy atom. The number of benzene rings is 1. The average Bonchev–Trinajstić information content (AvgIpc) is 3.34. The van der Waals surface area contributed by atoms with Crippen LogP contribution in [0.25, 0.3) is 0 Å². The van der Waals surface area contributed by atoms with Gasteiger partial charge < -0.3 is 5.32 Å². The molecule has 3 aromatic rings. The minimum atomic E-state index is -0.375. The topological polar surface area (TPSA) is 77.6 Å². The molecule has 4 aliphatic rings. The van der Waals surface area contributed by atoms with Crippen LogP contribution in [-0.2, 0) is 16.9 Å². The molecule has 2 heterocycles. The summed E-state index contributed by atoms with van der Waals surface area (Å²) in [4.78, 5) is 17.9. The number of amides is 1. The fourth-order valence-electron chi connectivity index (χ4n) is 6.96. The quantitative estimate of drug-likeness (QED) is 0.624. The minimum Gasteiger partial charge on any atom is -0.309 e. The van der Waals surface area contributed by atoms with E-state index in [1.165, 1.54) is 12.0 Å². The van der Waals surface area contributed by atoms with Gasteiger partial charge in [-0.3, -0.25) is 9.48 Å². The molecule has 1 aromatic carbocycles. The van der Waals surface area contributed by atoms with Crippen LogP contribution in [-0.4, -0.2) is 30.5 Å². The molecule has 7 nitrogen and oxygen atoms in total. The van der Waals surface area contributed by atoms with E-state index in [0.29, 0.717) is 24.2 Å². The van der Waals surface area contributed by atoms with Crippen LogP contribution in [0.3, 0.4) is 0 Å². The van der Waals surface area contributed by atoms with E-state index in [1.807, 2.05) is 40.6 Å². The van der Waals surface area contributed by atoms with Gasteiger partial charge in [-0.2, -0.15) is 5.10 Å². The van der Waals surface area contributed by atoms with Crippen LogP contribution in [0.4, 0.5) is 5.82 Å². The summed E-state index contributed by atoms with van der Waals surface area (Å²) in [6.45, 7) is 2.72. The van der Waals surface area contributed by atoms with Crippen molar-refractivity contribution in [2.24, 2.45) is 17.3 Å². The van der Waals surface area contributed by atoms with Crippen LogP contribution in [0.5, 0.6) is 0 Å². The highest BCUT2D eigenvalue weighted by Crippen LogP contribution is 2.64. The molecular formula is C24H27ClN6O. The number of rotatable bonds is 5. The molecule has 0 spiro atoms. The Morgan fingerprint density at radius 3 is 2.59 bits per heavy atom. The molecule has 2 atom stereocenters. The number of aromatic nitrogens is 5. The molecule has 0 radical (unpaired) electrons. The average molecular weight is 451 g/mol. The van der Waals surface area contributed by atoms with E-state index in [-0.39, 0.29) is 22.1 Å². The van der Waals surface area contributed by atoms with Crippen LogP contribution in [0.1, 0.15) is 49.8 Å². The van der Waals surface area contributed by atoms with Gasteiger partial charge in [0, 0.05) is 11.8 Å². The lowest BCUT2D eigenvalue weighted by atomic mass is 9.46. The van der Waals surface area contributed by atoms with Crippen molar-refractivity contribution in [3.63, 3.8) is 0 Å². The monoisotopic (exact) mass is 450 g/mol. The van der Waals surface area contributed by atoms with E-state index >= 15 is 0 Å². The van der Waals surface area contributed by atoms with E-state index in [1.54, 1.807) is 6.33 Å². The third-order valence-corrected chi connectivity index (χ3v) is 8.03. The molecule has 4 bridgehead atoms. The maximum absolute atomic E-state index is 13.7. The van der Waals surface area contributed by atoms with Crippen LogP contribution < -0.4 is 5.32 Å². The first-order chi connectivity index (χ1) is 15.4. The fourth-order valence-corrected chi connectivity index (χ4v) is 7.08. The third kappa shape index (κ3) is 3.25. The third-order valence-electron chi connectivity index (χ3n) is 7.86. The highest BCUT2D eigenvalue weighted by molar-refractivity contribution is 6.28. The highest BCUT2D eigenvalue weighted by atomic mass is 35.5. The molecule has 1 N–H and O–H groups in total. The lowest BCUT2D eigenvalue weighted by Gasteiger charge is -2.60. The molecule has 4 aliphatic carbocycles. The number of nitrogens with one attached hydrogen (secondary N) is 1. The van der Waals surface area contributed by atoms with Gasteiger partial charge in [0.25, 0.3) is 0 Å². The Balaban J connectivity index is 1.25. The zero-order valence-corrected chi connectivity index (χ0v) is 18.9. The Labute approximate surface area is 192 Å². The second-order valence-corrected chi connectivity index (χ2v) is 10.5. The maximum atomic E-state index is 13.7. The van der Waals surface area contributed by atoms with Crippen molar-refractivity contribution in [3.8, 4) is 0 Å². The van der Waals surface area contributed by atoms with Gasteiger partial charge in [-0.15, -0.1) is 5.10 Å². The van der Waals surface area contributed by atoms with Crippen molar-refractivity contribution in [2.75, 3.05) is 5.32 Å². The zero-order valence-electron chi connectivity index (χ0n) is 18.2. The van der Waals surface area contributed by atoms with Crippen molar-refractivity contribution in [2.45, 2.75) is 57.5 Å². The van der Waals surface area contributed by atoms with Crippen LogP contribution in [0, 0.1) is 24.2 Å². The maximum Gasteiger partial charge on any atom is 0.242 e. The molecule has 0 saturated heterocycles. The number of hydrogen-bond donors (Lipinski definition) is 1. The van der Waals surface area contributed by atoms with Gasteiger partial charge in [-0.25, -0.2) is 9.67 Å². The van der Waals surface area contributed by atoms with Crippen LogP contribution in [0.15, 0.2) is 42.7 Å². The number of aryl methyl sites for hydroxylation is 1. The number of nitrogens with zero attached hydrogens (tertiary/aromatic N) is 5. The summed E-state index contributed by atoms with van der Waals surface area (Å²) in [5.41, 5.74) is 1.69. The molecular weight excluding hydrogens is 424 g/mol. The first kappa shape index (κ1) is 20.0. The molecule has 32 heavy (non-hydrogen) atoms. The Hall–Kier alpha value is -2.67. The summed E-state index contributed by atoms with van der Waals surface area (Å²) >= 11 is 6.05. The molecule has 166 valence electrons. The van der Waals surface area contributed by atoms with E-state index < -0.39 is 0 Å². The standard InChI is InChI=1S/C24H27ClN6O/c1-16-7-20(28-30(16)13-17-5-3-2-4-6-17)27-21(32)23-9-18-8-19(10-23)12-24(11-18,14-23)31-15-26-22(25)29-31/h2-7,15,18-19H,8-14H2,1H3,(H,27,28,32). The lowest BCUT2D eigenvalue weighted by Crippen LogP contribution is -2.60. The molecule has 2 unspecified atom stereocenters. The van der Waals surface area contributed by atoms with E-state index in [9.17, 15) is 4.79 Å². The van der Waals surface area contributed by atoms with Crippen LogP contribution >= 0.6 is 11.6 Å². The van der Waals surface area contributed by atoms with Gasteiger partial charge in [0.15, 0.2) is 5.82 Å². The Morgan fingerprint density at radius 1 is 1.16 bits per heavy atom. The lowest BCUT2D eigenvalue weighted by molar-refractivity contribution is -0.150. The van der Waals surface area contributed by atoms with Crippen molar-refractivity contribution >= 4 is 23.3 Å². The highest BCUT2D eigenvalue weighted by Gasteiger charge is 2.61. The summed E-state index contributed by atoms with van der Waals surface area (Å²) in [5, 5.41) is 12.6. The normalized spacial score (nSPS) is 30.6. The van der Waals surface area contributed by atoms with E-state index in [4.69, 9.17) is 16.7 Å². The number of halogens is 1. The molecule has 1 amide bonds. The number of hydrogen-bond acceptors (Lipinski definition) is 4. The molecule has 4 fully saturated rings. The molecule has 4 saturated carbocycles. The van der Waals surface area contributed by atoms with Gasteiger partial charge in [-0.05, 0) is 74.4 Å². The summed E-state index contributed by atoms with van der Waals surface area (Å²) in [6.07, 6.45) is 7.76. The molecule has 0 aliphatic heterocycles. The summed E-state index contributed by atoms with van der Waals surface area (Å²) in [7, 11) is 0. The summed E-state index contributed by atoms with van der Waals surface area (Å²) in [6, 6.07) is 12.2. The minimum absolute atomic E-state index is 0.103. The zero-order chi connectivity index (χ0) is 21.9. The Kier molecular flexibility index (Phi) is 4.47. The largest absolute Gasteiger partial charge is 0.309 e. The molecule has 8 heteroatoms. The van der Waals surface area contributed by atoms with Crippen molar-refractivity contribution in [3.05, 3.63) is 59.3 Å². The summed E-state index contributed by atoms with van der Waals surface area (Å²) in [5.74, 6) is 1.83. The Bertz CT molecular complexity index is 1150. The van der Waals surface area contributed by atoms with E-state index in [0.717, 1.165) is 37.8 Å². The summed E-state index contributed by atoms with van der Waals surface area (Å²) < 4.78 is 3.90. The number of anilines is 1. The van der Waals surface area contributed by atoms with Gasteiger partial charge in [0.1, 0.15) is 6.33 Å². The van der Waals surface area contributed by atoms with Crippen molar-refractivity contribution in [1.29, 1.82) is 0 Å². The number of carbonyl (C=O) groups excluding carboxylic acids is 1. The van der Waals surface area contributed by atoms with Crippen LogP contribution in [0.2, 0.25) is 5.28 Å².